The monoisotopic (exact) mass is 278 g/mol. The van der Waals surface area contributed by atoms with E-state index in [1.165, 1.54) is 6.20 Å². The minimum absolute atomic E-state index is 0.0263. The molecule has 0 unspecified atom stereocenters. The first-order valence-electron chi connectivity index (χ1n) is 4.54. The zero-order valence-corrected chi connectivity index (χ0v) is 10.8. The lowest BCUT2D eigenvalue weighted by Crippen LogP contribution is -2.24. The van der Waals surface area contributed by atoms with E-state index in [4.69, 9.17) is 11.6 Å². The highest BCUT2D eigenvalue weighted by Crippen LogP contribution is 2.23. The van der Waals surface area contributed by atoms with Crippen LogP contribution in [-0.4, -0.2) is 32.2 Å². The van der Waals surface area contributed by atoms with E-state index in [0.717, 1.165) is 7.11 Å². The molecular weight excluding hydrogens is 268 g/mol. The number of aryl methyl sites for hydroxylation is 1. The number of anilines is 1. The minimum Gasteiger partial charge on any atom is -0.468 e. The predicted octanol–water partition coefficient (Wildman–Crippen LogP) is 0.958. The van der Waals surface area contributed by atoms with Gasteiger partial charge in [-0.05, 0) is 18.6 Å². The molecule has 0 saturated heterocycles. The maximum Gasteiger partial charge on any atom is 0.322 e. The Balaban J connectivity index is 2.95. The predicted molar refractivity (Wildman–Crippen MR) is 63.4 cm³/mol. The summed E-state index contributed by atoms with van der Waals surface area (Å²) in [6.45, 7) is 1.67. The second kappa shape index (κ2) is 5.33. The third kappa shape index (κ3) is 3.86. The molecule has 0 amide bonds. The summed E-state index contributed by atoms with van der Waals surface area (Å²) in [4.78, 5) is 14.6. The van der Waals surface area contributed by atoms with E-state index in [1.807, 2.05) is 0 Å². The average Bonchev–Trinajstić information content (AvgIpc) is 2.23. The summed E-state index contributed by atoms with van der Waals surface area (Å²) >= 11 is 5.75. The summed E-state index contributed by atoms with van der Waals surface area (Å²) < 4.78 is 29.6. The van der Waals surface area contributed by atoms with Gasteiger partial charge in [0.25, 0.3) is 0 Å². The van der Waals surface area contributed by atoms with Gasteiger partial charge in [-0.2, -0.15) is 0 Å². The van der Waals surface area contributed by atoms with Crippen LogP contribution in [-0.2, 0) is 19.6 Å². The van der Waals surface area contributed by atoms with Crippen LogP contribution >= 0.6 is 11.6 Å². The van der Waals surface area contributed by atoms with Crippen LogP contribution in [0.25, 0.3) is 0 Å². The first-order valence-corrected chi connectivity index (χ1v) is 6.57. The second-order valence-electron chi connectivity index (χ2n) is 3.23. The smallest absolute Gasteiger partial charge is 0.322 e. The van der Waals surface area contributed by atoms with E-state index < -0.39 is 21.7 Å². The standard InChI is InChI=1S/C9H11ClN2O4S/c1-6-3-4-11-9(10)8(6)12-17(14,15)5-7(13)16-2/h3-4,12H,5H2,1-2H3. The van der Waals surface area contributed by atoms with Crippen LogP contribution in [0.4, 0.5) is 5.69 Å². The second-order valence-corrected chi connectivity index (χ2v) is 5.31. The Kier molecular flexibility index (Phi) is 4.30. The number of nitrogens with zero attached hydrogens (tertiary/aromatic N) is 1. The summed E-state index contributed by atoms with van der Waals surface area (Å²) in [5.41, 5.74) is 0.775. The molecule has 1 N–H and O–H groups in total. The van der Waals surface area contributed by atoms with E-state index in [-0.39, 0.29) is 10.8 Å². The number of aromatic nitrogens is 1. The van der Waals surface area contributed by atoms with E-state index in [2.05, 4.69) is 14.4 Å². The average molecular weight is 279 g/mol. The first-order chi connectivity index (χ1) is 7.85. The number of esters is 1. The molecule has 0 bridgehead atoms. The third-order valence-electron chi connectivity index (χ3n) is 1.91. The largest absolute Gasteiger partial charge is 0.468 e. The Hall–Kier alpha value is -1.34. The van der Waals surface area contributed by atoms with Crippen LogP contribution in [0.1, 0.15) is 5.56 Å². The molecule has 1 aromatic heterocycles. The van der Waals surface area contributed by atoms with Crippen LogP contribution in [0, 0.1) is 6.92 Å². The van der Waals surface area contributed by atoms with Crippen molar-refractivity contribution in [1.82, 2.24) is 4.98 Å². The highest BCUT2D eigenvalue weighted by atomic mass is 35.5. The van der Waals surface area contributed by atoms with Crippen molar-refractivity contribution in [3.63, 3.8) is 0 Å². The van der Waals surface area contributed by atoms with E-state index >= 15 is 0 Å². The van der Waals surface area contributed by atoms with Crippen LogP contribution in [0.2, 0.25) is 5.15 Å². The molecule has 0 atom stereocenters. The molecule has 1 rings (SSSR count). The maximum atomic E-state index is 11.6. The Morgan fingerprint density at radius 2 is 2.24 bits per heavy atom. The van der Waals surface area contributed by atoms with Gasteiger partial charge >= 0.3 is 5.97 Å². The number of halogens is 1. The topological polar surface area (TPSA) is 85.4 Å². The molecule has 17 heavy (non-hydrogen) atoms. The van der Waals surface area contributed by atoms with Crippen molar-refractivity contribution in [2.45, 2.75) is 6.92 Å². The fourth-order valence-electron chi connectivity index (χ4n) is 1.05. The number of hydrogen-bond donors (Lipinski definition) is 1. The summed E-state index contributed by atoms with van der Waals surface area (Å²) in [5.74, 6) is -1.62. The zero-order valence-electron chi connectivity index (χ0n) is 9.23. The molecule has 0 radical (unpaired) electrons. The number of sulfonamides is 1. The van der Waals surface area contributed by atoms with Crippen molar-refractivity contribution in [2.24, 2.45) is 0 Å². The van der Waals surface area contributed by atoms with Gasteiger partial charge in [-0.1, -0.05) is 11.6 Å². The van der Waals surface area contributed by atoms with Crippen LogP contribution < -0.4 is 4.72 Å². The van der Waals surface area contributed by atoms with Crippen molar-refractivity contribution in [3.8, 4) is 0 Å². The summed E-state index contributed by atoms with van der Waals surface area (Å²) in [7, 11) is -2.73. The summed E-state index contributed by atoms with van der Waals surface area (Å²) in [6.07, 6.45) is 1.45. The molecule has 0 saturated carbocycles. The lowest BCUT2D eigenvalue weighted by atomic mass is 10.3. The molecule has 1 heterocycles. The van der Waals surface area contributed by atoms with Crippen LogP contribution in [0.3, 0.4) is 0 Å². The van der Waals surface area contributed by atoms with Crippen LogP contribution in [0.5, 0.6) is 0 Å². The van der Waals surface area contributed by atoms with E-state index in [0.29, 0.717) is 5.56 Å². The zero-order chi connectivity index (χ0) is 13.1. The molecule has 0 aromatic carbocycles. The lowest BCUT2D eigenvalue weighted by Gasteiger charge is -2.10. The van der Waals surface area contributed by atoms with Gasteiger partial charge in [0.1, 0.15) is 0 Å². The first kappa shape index (κ1) is 13.7. The van der Waals surface area contributed by atoms with Gasteiger partial charge in [-0.25, -0.2) is 13.4 Å². The van der Waals surface area contributed by atoms with Crippen molar-refractivity contribution in [3.05, 3.63) is 23.0 Å². The number of pyridine rings is 1. The number of methoxy groups -OCH3 is 1. The molecule has 0 aliphatic carbocycles. The number of carbonyl (C=O) groups is 1. The molecule has 0 spiro atoms. The molecule has 1 aromatic rings. The summed E-state index contributed by atoms with van der Waals surface area (Å²) in [5, 5.41) is 0.0263. The van der Waals surface area contributed by atoms with Gasteiger partial charge in [0.2, 0.25) is 10.0 Å². The SMILES string of the molecule is COC(=O)CS(=O)(=O)Nc1c(C)ccnc1Cl. The maximum absolute atomic E-state index is 11.6. The highest BCUT2D eigenvalue weighted by molar-refractivity contribution is 7.93. The van der Waals surface area contributed by atoms with Crippen LogP contribution in [0.15, 0.2) is 12.3 Å². The number of carbonyl (C=O) groups excluding carboxylic acids is 1. The lowest BCUT2D eigenvalue weighted by molar-refractivity contribution is -0.137. The third-order valence-corrected chi connectivity index (χ3v) is 3.32. The van der Waals surface area contributed by atoms with Gasteiger partial charge in [-0.15, -0.1) is 0 Å². The molecule has 6 nitrogen and oxygen atoms in total. The minimum atomic E-state index is -3.84. The Labute approximate surface area is 104 Å². The fourth-order valence-corrected chi connectivity index (χ4v) is 2.43. The molecule has 0 fully saturated rings. The Morgan fingerprint density at radius 1 is 1.59 bits per heavy atom. The summed E-state index contributed by atoms with van der Waals surface area (Å²) in [6, 6.07) is 1.60. The number of hydrogen-bond acceptors (Lipinski definition) is 5. The van der Waals surface area contributed by atoms with E-state index in [1.54, 1.807) is 13.0 Å². The number of rotatable bonds is 4. The van der Waals surface area contributed by atoms with Gasteiger partial charge in [0.15, 0.2) is 10.9 Å². The van der Waals surface area contributed by atoms with Crippen molar-refractivity contribution >= 4 is 33.3 Å². The van der Waals surface area contributed by atoms with Crippen molar-refractivity contribution < 1.29 is 17.9 Å². The van der Waals surface area contributed by atoms with Gasteiger partial charge in [0.05, 0.1) is 12.8 Å². The number of nitrogens with one attached hydrogen (secondary N) is 1. The Morgan fingerprint density at radius 3 is 2.76 bits per heavy atom. The molecule has 8 heteroatoms. The Bertz CT molecular complexity index is 510. The van der Waals surface area contributed by atoms with E-state index in [9.17, 15) is 13.2 Å². The highest BCUT2D eigenvalue weighted by Gasteiger charge is 2.19. The fraction of sp³-hybridized carbons (Fsp3) is 0.333. The quantitative estimate of drug-likeness (QED) is 0.655. The van der Waals surface area contributed by atoms with Crippen molar-refractivity contribution in [1.29, 1.82) is 0 Å². The number of ether oxygens (including phenoxy) is 1. The molecular formula is C9H11ClN2O4S. The molecule has 0 aliphatic heterocycles. The van der Waals surface area contributed by atoms with Gasteiger partial charge in [-0.3, -0.25) is 9.52 Å². The van der Waals surface area contributed by atoms with Gasteiger partial charge < -0.3 is 4.74 Å². The molecule has 94 valence electrons. The van der Waals surface area contributed by atoms with Gasteiger partial charge in [0, 0.05) is 6.20 Å². The normalized spacial score (nSPS) is 11.0. The van der Waals surface area contributed by atoms with Crippen molar-refractivity contribution in [2.75, 3.05) is 17.6 Å². The molecule has 0 aliphatic rings.